The Balaban J connectivity index is 2.36. The summed E-state index contributed by atoms with van der Waals surface area (Å²) < 4.78 is 5.58. The van der Waals surface area contributed by atoms with E-state index in [1.54, 1.807) is 12.1 Å². The van der Waals surface area contributed by atoms with Crippen molar-refractivity contribution in [3.05, 3.63) is 27.2 Å². The van der Waals surface area contributed by atoms with Gasteiger partial charge in [0.25, 0.3) is 0 Å². The molecule has 96 valence electrons. The van der Waals surface area contributed by atoms with Gasteiger partial charge in [0.15, 0.2) is 0 Å². The lowest BCUT2D eigenvalue weighted by Crippen LogP contribution is -1.98. The second-order valence-corrected chi connectivity index (χ2v) is 5.18. The molecule has 0 amide bonds. The molecule has 0 heterocycles. The van der Waals surface area contributed by atoms with E-state index in [2.05, 4.69) is 6.92 Å². The van der Waals surface area contributed by atoms with Gasteiger partial charge >= 0.3 is 0 Å². The Labute approximate surface area is 118 Å². The van der Waals surface area contributed by atoms with E-state index in [1.165, 1.54) is 25.7 Å². The fourth-order valence-electron chi connectivity index (χ4n) is 1.53. The minimum atomic E-state index is 0.431. The second kappa shape index (κ2) is 8.07. The lowest BCUT2D eigenvalue weighted by atomic mass is 10.2. The Morgan fingerprint density at radius 2 is 1.71 bits per heavy atom. The Morgan fingerprint density at radius 1 is 1.00 bits per heavy atom. The Hall–Kier alpha value is -0.110. The number of halogens is 3. The van der Waals surface area contributed by atoms with Crippen molar-refractivity contribution in [1.82, 2.24) is 0 Å². The fourth-order valence-corrected chi connectivity index (χ4v) is 2.16. The largest absolute Gasteiger partial charge is 0.492 e. The summed E-state index contributed by atoms with van der Waals surface area (Å²) in [4.78, 5) is 0. The number of hydrogen-bond acceptors (Lipinski definition) is 1. The molecule has 1 nitrogen and oxygen atoms in total. The third-order valence-corrected chi connectivity index (χ3v) is 3.47. The number of benzene rings is 1. The zero-order valence-electron chi connectivity index (χ0n) is 9.94. The second-order valence-electron chi connectivity index (χ2n) is 3.96. The van der Waals surface area contributed by atoms with E-state index >= 15 is 0 Å². The maximum atomic E-state index is 6.01. The van der Waals surface area contributed by atoms with E-state index in [0.29, 0.717) is 27.4 Å². The molecular formula is C13H17Cl3O. The van der Waals surface area contributed by atoms with Crippen molar-refractivity contribution in [2.75, 3.05) is 6.61 Å². The normalized spacial score (nSPS) is 10.6. The highest BCUT2D eigenvalue weighted by Crippen LogP contribution is 2.35. The molecule has 1 aromatic carbocycles. The minimum Gasteiger partial charge on any atom is -0.492 e. The van der Waals surface area contributed by atoms with Crippen molar-refractivity contribution in [2.45, 2.75) is 39.0 Å². The van der Waals surface area contributed by atoms with Gasteiger partial charge in [0.2, 0.25) is 0 Å². The molecule has 0 radical (unpaired) electrons. The Morgan fingerprint density at radius 3 is 2.41 bits per heavy atom. The van der Waals surface area contributed by atoms with Crippen LogP contribution in [0.3, 0.4) is 0 Å². The molecule has 0 saturated heterocycles. The topological polar surface area (TPSA) is 9.23 Å². The quantitative estimate of drug-likeness (QED) is 0.443. The van der Waals surface area contributed by atoms with E-state index in [1.807, 2.05) is 0 Å². The van der Waals surface area contributed by atoms with E-state index in [0.717, 1.165) is 6.42 Å². The summed E-state index contributed by atoms with van der Waals surface area (Å²) in [5.41, 5.74) is 0. The van der Waals surface area contributed by atoms with Crippen LogP contribution in [0.1, 0.15) is 39.0 Å². The molecule has 0 aliphatic heterocycles. The summed E-state index contributed by atoms with van der Waals surface area (Å²) in [6, 6.07) is 3.31. The lowest BCUT2D eigenvalue weighted by Gasteiger charge is -2.09. The summed E-state index contributed by atoms with van der Waals surface area (Å²) in [6.07, 6.45) is 5.99. The van der Waals surface area contributed by atoms with Crippen LogP contribution in [0.15, 0.2) is 12.1 Å². The molecule has 4 heteroatoms. The first-order valence-corrected chi connectivity index (χ1v) is 7.06. The first kappa shape index (κ1) is 14.9. The van der Waals surface area contributed by atoms with E-state index < -0.39 is 0 Å². The van der Waals surface area contributed by atoms with Gasteiger partial charge in [-0.3, -0.25) is 0 Å². The molecule has 0 aliphatic rings. The minimum absolute atomic E-state index is 0.431. The fraction of sp³-hybridized carbons (Fsp3) is 0.538. The van der Waals surface area contributed by atoms with Crippen LogP contribution in [-0.4, -0.2) is 6.61 Å². The van der Waals surface area contributed by atoms with Crippen molar-refractivity contribution < 1.29 is 4.74 Å². The van der Waals surface area contributed by atoms with E-state index in [9.17, 15) is 0 Å². The van der Waals surface area contributed by atoms with Crippen molar-refractivity contribution in [3.63, 3.8) is 0 Å². The van der Waals surface area contributed by atoms with Gasteiger partial charge in [0, 0.05) is 11.1 Å². The van der Waals surface area contributed by atoms with Crippen LogP contribution in [0.4, 0.5) is 0 Å². The smallest absolute Gasteiger partial charge is 0.140 e. The van der Waals surface area contributed by atoms with Crippen LogP contribution in [0.25, 0.3) is 0 Å². The molecule has 17 heavy (non-hydrogen) atoms. The van der Waals surface area contributed by atoms with Crippen molar-refractivity contribution in [3.8, 4) is 5.75 Å². The van der Waals surface area contributed by atoms with Gasteiger partial charge in [-0.25, -0.2) is 0 Å². The highest BCUT2D eigenvalue weighted by atomic mass is 35.5. The molecule has 0 saturated carbocycles. The molecule has 0 aromatic heterocycles. The summed E-state index contributed by atoms with van der Waals surface area (Å²) in [5, 5.41) is 1.41. The molecule has 1 rings (SSSR count). The van der Waals surface area contributed by atoms with Crippen molar-refractivity contribution in [1.29, 1.82) is 0 Å². The Kier molecular flexibility index (Phi) is 7.10. The van der Waals surface area contributed by atoms with Gasteiger partial charge in [-0.1, -0.05) is 67.4 Å². The van der Waals surface area contributed by atoms with Crippen LogP contribution >= 0.6 is 34.8 Å². The SMILES string of the molecule is CCCCCCCOc1cc(Cl)cc(Cl)c1Cl. The maximum Gasteiger partial charge on any atom is 0.140 e. The van der Waals surface area contributed by atoms with Crippen LogP contribution in [0.5, 0.6) is 5.75 Å². The third kappa shape index (κ3) is 5.37. The summed E-state index contributed by atoms with van der Waals surface area (Å²) in [7, 11) is 0. The predicted molar refractivity (Wildman–Crippen MR) is 75.7 cm³/mol. The van der Waals surface area contributed by atoms with Gasteiger partial charge < -0.3 is 4.74 Å². The molecule has 0 aliphatic carbocycles. The van der Waals surface area contributed by atoms with Crippen LogP contribution in [0, 0.1) is 0 Å². The molecule has 0 unspecified atom stereocenters. The monoisotopic (exact) mass is 294 g/mol. The highest BCUT2D eigenvalue weighted by Gasteiger charge is 2.07. The zero-order chi connectivity index (χ0) is 12.7. The average molecular weight is 296 g/mol. The van der Waals surface area contributed by atoms with Gasteiger partial charge in [0.05, 0.1) is 11.6 Å². The molecule has 0 fully saturated rings. The first-order chi connectivity index (χ1) is 8.15. The molecule has 1 aromatic rings. The number of unbranched alkanes of at least 4 members (excludes halogenated alkanes) is 4. The van der Waals surface area contributed by atoms with Crippen LogP contribution < -0.4 is 4.74 Å². The zero-order valence-corrected chi connectivity index (χ0v) is 12.2. The molecular weight excluding hydrogens is 279 g/mol. The van der Waals surface area contributed by atoms with Crippen LogP contribution in [0.2, 0.25) is 15.1 Å². The third-order valence-electron chi connectivity index (χ3n) is 2.47. The maximum absolute atomic E-state index is 6.01. The summed E-state index contributed by atoms with van der Waals surface area (Å²) >= 11 is 17.8. The molecule has 0 spiro atoms. The average Bonchev–Trinajstić information content (AvgIpc) is 2.29. The first-order valence-electron chi connectivity index (χ1n) is 5.92. The number of ether oxygens (including phenoxy) is 1. The van der Waals surface area contributed by atoms with Gasteiger partial charge in [-0.15, -0.1) is 0 Å². The number of rotatable bonds is 7. The predicted octanol–water partition coefficient (Wildman–Crippen LogP) is 6.00. The molecule has 0 atom stereocenters. The highest BCUT2D eigenvalue weighted by molar-refractivity contribution is 6.44. The standard InChI is InChI=1S/C13H17Cl3O/c1-2-3-4-5-6-7-17-12-9-10(14)8-11(15)13(12)16/h8-9H,2-7H2,1H3. The van der Waals surface area contributed by atoms with Crippen molar-refractivity contribution >= 4 is 34.8 Å². The van der Waals surface area contributed by atoms with Crippen molar-refractivity contribution in [2.24, 2.45) is 0 Å². The molecule has 0 N–H and O–H groups in total. The summed E-state index contributed by atoms with van der Waals surface area (Å²) in [5.74, 6) is 0.569. The Bertz CT molecular complexity index is 353. The van der Waals surface area contributed by atoms with Crippen LogP contribution in [-0.2, 0) is 0 Å². The van der Waals surface area contributed by atoms with E-state index in [4.69, 9.17) is 39.5 Å². The molecule has 0 bridgehead atoms. The number of hydrogen-bond donors (Lipinski definition) is 0. The lowest BCUT2D eigenvalue weighted by molar-refractivity contribution is 0.305. The van der Waals surface area contributed by atoms with Gasteiger partial charge in [0.1, 0.15) is 10.8 Å². The summed E-state index contributed by atoms with van der Waals surface area (Å²) in [6.45, 7) is 2.85. The van der Waals surface area contributed by atoms with E-state index in [-0.39, 0.29) is 0 Å². The van der Waals surface area contributed by atoms with Gasteiger partial charge in [-0.05, 0) is 12.5 Å². The van der Waals surface area contributed by atoms with Gasteiger partial charge in [-0.2, -0.15) is 0 Å².